The van der Waals surface area contributed by atoms with E-state index in [1.807, 2.05) is 13.8 Å². The lowest BCUT2D eigenvalue weighted by molar-refractivity contribution is -0.132. The van der Waals surface area contributed by atoms with Crippen LogP contribution in [0.1, 0.15) is 26.7 Å². The minimum atomic E-state index is -0.271. The first-order chi connectivity index (χ1) is 9.35. The zero-order chi connectivity index (χ0) is 14.5. The molecule has 0 unspecified atom stereocenters. The number of nitrogens with one attached hydrogen (secondary N) is 1. The molecule has 1 fully saturated rings. The highest BCUT2D eigenvalue weighted by Crippen LogP contribution is 2.34. The van der Waals surface area contributed by atoms with E-state index in [0.29, 0.717) is 35.5 Å². The van der Waals surface area contributed by atoms with E-state index in [2.05, 4.69) is 9.97 Å². The molecule has 1 aliphatic heterocycles. The quantitative estimate of drug-likeness (QED) is 0.774. The van der Waals surface area contributed by atoms with Gasteiger partial charge in [0.25, 0.3) is 0 Å². The van der Waals surface area contributed by atoms with E-state index in [-0.39, 0.29) is 17.2 Å². The number of amides is 2. The minimum absolute atomic E-state index is 0.168. The summed E-state index contributed by atoms with van der Waals surface area (Å²) in [4.78, 5) is 32.7. The van der Waals surface area contributed by atoms with Gasteiger partial charge < -0.3 is 10.7 Å². The van der Waals surface area contributed by atoms with Crippen LogP contribution in [0.15, 0.2) is 18.2 Å². The van der Waals surface area contributed by atoms with Crippen LogP contribution in [0, 0.1) is 5.41 Å². The van der Waals surface area contributed by atoms with Crippen LogP contribution < -0.4 is 10.6 Å². The number of fused-ring (bicyclic) bond motifs is 1. The molecule has 6 heteroatoms. The second-order valence-corrected chi connectivity index (χ2v) is 5.96. The number of hydrogen-bond donors (Lipinski definition) is 2. The minimum Gasteiger partial charge on any atom is -0.369 e. The molecule has 0 aliphatic carbocycles. The molecule has 0 radical (unpaired) electrons. The van der Waals surface area contributed by atoms with E-state index in [9.17, 15) is 9.59 Å². The van der Waals surface area contributed by atoms with Gasteiger partial charge >= 0.3 is 0 Å². The SMILES string of the molecule is CC1(C)CC(=O)N(c2ccc3nc(N)[nH]c3c2)C(=O)C1. The molecule has 20 heavy (non-hydrogen) atoms. The van der Waals surface area contributed by atoms with Crippen LogP contribution in [0.5, 0.6) is 0 Å². The third kappa shape index (κ3) is 2.03. The van der Waals surface area contributed by atoms with Gasteiger partial charge in [-0.15, -0.1) is 0 Å². The molecule has 0 bridgehead atoms. The summed E-state index contributed by atoms with van der Waals surface area (Å²) >= 11 is 0. The second-order valence-electron chi connectivity index (χ2n) is 5.96. The average molecular weight is 272 g/mol. The summed E-state index contributed by atoms with van der Waals surface area (Å²) in [5.41, 5.74) is 7.31. The fourth-order valence-electron chi connectivity index (χ4n) is 2.62. The molecular weight excluding hydrogens is 256 g/mol. The molecule has 2 amide bonds. The number of carbonyl (C=O) groups excluding carboxylic acids is 2. The number of hydrogen-bond acceptors (Lipinski definition) is 4. The standard InChI is InChI=1S/C14H16N4O2/c1-14(2)6-11(19)18(12(20)7-14)8-3-4-9-10(5-8)17-13(15)16-9/h3-5H,6-7H2,1-2H3,(H3,15,16,17). The predicted octanol–water partition coefficient (Wildman–Crippen LogP) is 1.82. The van der Waals surface area contributed by atoms with Crippen LogP contribution in [-0.4, -0.2) is 21.8 Å². The number of imidazole rings is 1. The number of imide groups is 1. The maximum Gasteiger partial charge on any atom is 0.234 e. The Bertz CT molecular complexity index is 697. The molecule has 0 saturated carbocycles. The zero-order valence-corrected chi connectivity index (χ0v) is 11.4. The van der Waals surface area contributed by atoms with Gasteiger partial charge in [-0.1, -0.05) is 13.8 Å². The molecular formula is C14H16N4O2. The molecule has 0 spiro atoms. The lowest BCUT2D eigenvalue weighted by Crippen LogP contribution is -2.46. The van der Waals surface area contributed by atoms with Gasteiger partial charge in [-0.25, -0.2) is 4.98 Å². The monoisotopic (exact) mass is 272 g/mol. The Morgan fingerprint density at radius 3 is 2.55 bits per heavy atom. The summed E-state index contributed by atoms with van der Waals surface area (Å²) in [5.74, 6) is -0.0224. The first-order valence-corrected chi connectivity index (χ1v) is 6.47. The third-order valence-corrected chi connectivity index (χ3v) is 3.50. The van der Waals surface area contributed by atoms with Crippen LogP contribution in [0.25, 0.3) is 11.0 Å². The van der Waals surface area contributed by atoms with E-state index in [1.165, 1.54) is 4.90 Å². The van der Waals surface area contributed by atoms with Crippen LogP contribution in [0.2, 0.25) is 0 Å². The molecule has 2 aromatic rings. The van der Waals surface area contributed by atoms with E-state index < -0.39 is 0 Å². The summed E-state index contributed by atoms with van der Waals surface area (Å²) in [6.45, 7) is 3.86. The Kier molecular flexibility index (Phi) is 2.57. The molecule has 104 valence electrons. The summed E-state index contributed by atoms with van der Waals surface area (Å²) in [5, 5.41) is 0. The Morgan fingerprint density at radius 1 is 1.25 bits per heavy atom. The molecule has 2 heterocycles. The summed E-state index contributed by atoms with van der Waals surface area (Å²) in [7, 11) is 0. The third-order valence-electron chi connectivity index (χ3n) is 3.50. The van der Waals surface area contributed by atoms with E-state index in [0.717, 1.165) is 0 Å². The van der Waals surface area contributed by atoms with Crippen molar-refractivity contribution in [1.29, 1.82) is 0 Å². The number of carbonyl (C=O) groups is 2. The Labute approximate surface area is 116 Å². The van der Waals surface area contributed by atoms with Crippen molar-refractivity contribution in [3.8, 4) is 0 Å². The summed E-state index contributed by atoms with van der Waals surface area (Å²) in [6, 6.07) is 5.20. The van der Waals surface area contributed by atoms with Crippen LogP contribution in [0.3, 0.4) is 0 Å². The topological polar surface area (TPSA) is 92.1 Å². The van der Waals surface area contributed by atoms with Gasteiger partial charge in [0.15, 0.2) is 5.95 Å². The first-order valence-electron chi connectivity index (χ1n) is 6.47. The number of anilines is 2. The predicted molar refractivity (Wildman–Crippen MR) is 76.0 cm³/mol. The highest BCUT2D eigenvalue weighted by molar-refractivity contribution is 6.17. The maximum absolute atomic E-state index is 12.2. The number of aromatic amines is 1. The molecule has 1 aromatic carbocycles. The van der Waals surface area contributed by atoms with Gasteiger partial charge in [-0.3, -0.25) is 14.5 Å². The Balaban J connectivity index is 2.01. The smallest absolute Gasteiger partial charge is 0.234 e. The number of nitrogens with zero attached hydrogens (tertiary/aromatic N) is 2. The van der Waals surface area contributed by atoms with Gasteiger partial charge in [-0.2, -0.15) is 0 Å². The molecule has 1 aliphatic rings. The van der Waals surface area contributed by atoms with Crippen molar-refractivity contribution < 1.29 is 9.59 Å². The van der Waals surface area contributed by atoms with Crippen molar-refractivity contribution in [3.05, 3.63) is 18.2 Å². The summed E-state index contributed by atoms with van der Waals surface area (Å²) in [6.07, 6.45) is 0.726. The molecule has 3 N–H and O–H groups in total. The maximum atomic E-state index is 12.2. The second kappa shape index (κ2) is 4.06. The number of H-pyrrole nitrogens is 1. The highest BCUT2D eigenvalue weighted by atomic mass is 16.2. The number of nitrogen functional groups attached to an aromatic ring is 1. The number of benzene rings is 1. The van der Waals surface area contributed by atoms with Crippen molar-refractivity contribution >= 4 is 34.5 Å². The molecule has 3 rings (SSSR count). The molecule has 1 aromatic heterocycles. The molecule has 1 saturated heterocycles. The van der Waals surface area contributed by atoms with E-state index in [1.54, 1.807) is 18.2 Å². The van der Waals surface area contributed by atoms with Gasteiger partial charge in [-0.05, 0) is 23.6 Å². The first kappa shape index (κ1) is 12.7. The van der Waals surface area contributed by atoms with E-state index >= 15 is 0 Å². The fraction of sp³-hybridized carbons (Fsp3) is 0.357. The van der Waals surface area contributed by atoms with Crippen LogP contribution >= 0.6 is 0 Å². The van der Waals surface area contributed by atoms with Crippen molar-refractivity contribution in [2.75, 3.05) is 10.6 Å². The van der Waals surface area contributed by atoms with Gasteiger partial charge in [0, 0.05) is 12.8 Å². The van der Waals surface area contributed by atoms with Crippen molar-refractivity contribution in [2.45, 2.75) is 26.7 Å². The van der Waals surface area contributed by atoms with Crippen molar-refractivity contribution in [2.24, 2.45) is 5.41 Å². The van der Waals surface area contributed by atoms with Crippen LogP contribution in [-0.2, 0) is 9.59 Å². The normalized spacial score (nSPS) is 18.8. The fourth-order valence-corrected chi connectivity index (χ4v) is 2.62. The molecule has 6 nitrogen and oxygen atoms in total. The van der Waals surface area contributed by atoms with Crippen LogP contribution in [0.4, 0.5) is 11.6 Å². The van der Waals surface area contributed by atoms with Gasteiger partial charge in [0.1, 0.15) is 0 Å². The highest BCUT2D eigenvalue weighted by Gasteiger charge is 2.38. The van der Waals surface area contributed by atoms with Gasteiger partial charge in [0.05, 0.1) is 16.7 Å². The largest absolute Gasteiger partial charge is 0.369 e. The lowest BCUT2D eigenvalue weighted by Gasteiger charge is -2.34. The number of aromatic nitrogens is 2. The Hall–Kier alpha value is -2.37. The van der Waals surface area contributed by atoms with Crippen molar-refractivity contribution in [3.63, 3.8) is 0 Å². The molecule has 0 atom stereocenters. The number of rotatable bonds is 1. The Morgan fingerprint density at radius 2 is 1.90 bits per heavy atom. The average Bonchev–Trinajstić information content (AvgIpc) is 2.65. The lowest BCUT2D eigenvalue weighted by atomic mass is 9.81. The summed E-state index contributed by atoms with van der Waals surface area (Å²) < 4.78 is 0. The van der Waals surface area contributed by atoms with Crippen molar-refractivity contribution in [1.82, 2.24) is 9.97 Å². The zero-order valence-electron chi connectivity index (χ0n) is 11.4. The van der Waals surface area contributed by atoms with Gasteiger partial charge in [0.2, 0.25) is 11.8 Å². The number of piperidine rings is 1. The van der Waals surface area contributed by atoms with E-state index in [4.69, 9.17) is 5.73 Å². The number of nitrogens with two attached hydrogens (primary N) is 1.